The van der Waals surface area contributed by atoms with Crippen molar-refractivity contribution in [2.24, 2.45) is 0 Å². The summed E-state index contributed by atoms with van der Waals surface area (Å²) in [4.78, 5) is 0. The molecule has 0 radical (unpaired) electrons. The van der Waals surface area contributed by atoms with Gasteiger partial charge in [-0.05, 0) is 56.1 Å². The third-order valence-corrected chi connectivity index (χ3v) is 3.86. The molecule has 108 valence electrons. The van der Waals surface area contributed by atoms with Crippen molar-refractivity contribution in [2.75, 3.05) is 20.3 Å². The Balaban J connectivity index is 1.78. The first-order valence-electron chi connectivity index (χ1n) is 6.09. The van der Waals surface area contributed by atoms with Crippen LogP contribution in [0.25, 0.3) is 0 Å². The summed E-state index contributed by atoms with van der Waals surface area (Å²) in [6.07, 6.45) is 1.67. The maximum Gasteiger partial charge on any atom is 0.134 e. The zero-order valence-corrected chi connectivity index (χ0v) is 14.2. The van der Waals surface area contributed by atoms with Crippen molar-refractivity contribution in [3.63, 3.8) is 0 Å². The monoisotopic (exact) mass is 403 g/mol. The largest absolute Gasteiger partial charge is 0.496 e. The molecule has 0 fully saturated rings. The summed E-state index contributed by atoms with van der Waals surface area (Å²) < 4.78 is 17.9. The van der Waals surface area contributed by atoms with Gasteiger partial charge in [-0.15, -0.1) is 0 Å². The van der Waals surface area contributed by atoms with Crippen LogP contribution < -0.4 is 14.8 Å². The molecule has 2 aromatic rings. The highest BCUT2D eigenvalue weighted by Gasteiger charge is 2.08. The van der Waals surface area contributed by atoms with Crippen LogP contribution in [0.15, 0.2) is 43.9 Å². The Morgan fingerprint density at radius 2 is 1.95 bits per heavy atom. The minimum Gasteiger partial charge on any atom is -0.496 e. The van der Waals surface area contributed by atoms with E-state index < -0.39 is 0 Å². The summed E-state index contributed by atoms with van der Waals surface area (Å²) in [6, 6.07) is 7.57. The van der Waals surface area contributed by atoms with E-state index in [1.807, 2.05) is 24.3 Å². The number of benzene rings is 1. The van der Waals surface area contributed by atoms with Gasteiger partial charge in [0.1, 0.15) is 23.9 Å². The number of nitrogens with one attached hydrogen (secondary N) is 1. The topological polar surface area (TPSA) is 43.6 Å². The summed E-state index contributed by atoms with van der Waals surface area (Å²) in [7, 11) is 1.63. The Hall–Kier alpha value is -0.980. The quantitative estimate of drug-likeness (QED) is 0.708. The van der Waals surface area contributed by atoms with Crippen molar-refractivity contribution in [2.45, 2.75) is 6.54 Å². The van der Waals surface area contributed by atoms with Crippen molar-refractivity contribution < 1.29 is 13.9 Å². The molecule has 0 atom stereocenters. The van der Waals surface area contributed by atoms with Gasteiger partial charge in [0.25, 0.3) is 0 Å². The lowest BCUT2D eigenvalue weighted by Crippen LogP contribution is -2.20. The standard InChI is InChI=1S/C14H15Br2NO3/c1-18-13-7-12(16)14(8-11(13)15)20-6-4-17-9-10-3-2-5-19-10/h2-3,5,7-8,17H,4,6,9H2,1H3. The average Bonchev–Trinajstić information content (AvgIpc) is 2.95. The van der Waals surface area contributed by atoms with Gasteiger partial charge >= 0.3 is 0 Å². The number of hydrogen-bond acceptors (Lipinski definition) is 4. The average molecular weight is 405 g/mol. The lowest BCUT2D eigenvalue weighted by Gasteiger charge is -2.11. The summed E-state index contributed by atoms with van der Waals surface area (Å²) in [5.74, 6) is 2.45. The predicted octanol–water partition coefficient (Wildman–Crippen LogP) is 3.98. The van der Waals surface area contributed by atoms with Gasteiger partial charge in [-0.1, -0.05) is 0 Å². The minimum atomic E-state index is 0.568. The second-order valence-electron chi connectivity index (χ2n) is 4.02. The molecule has 0 saturated carbocycles. The van der Waals surface area contributed by atoms with E-state index >= 15 is 0 Å². The normalized spacial score (nSPS) is 10.6. The molecule has 6 heteroatoms. The SMILES string of the molecule is COc1cc(Br)c(OCCNCc2ccco2)cc1Br. The smallest absolute Gasteiger partial charge is 0.134 e. The minimum absolute atomic E-state index is 0.568. The van der Waals surface area contributed by atoms with Crippen LogP contribution in [0.4, 0.5) is 0 Å². The van der Waals surface area contributed by atoms with E-state index in [-0.39, 0.29) is 0 Å². The molecule has 0 bridgehead atoms. The van der Waals surface area contributed by atoms with Crippen molar-refractivity contribution >= 4 is 31.9 Å². The van der Waals surface area contributed by atoms with E-state index in [0.717, 1.165) is 32.7 Å². The Morgan fingerprint density at radius 1 is 1.20 bits per heavy atom. The fraction of sp³-hybridized carbons (Fsp3) is 0.286. The second kappa shape index (κ2) is 7.71. The molecule has 0 aliphatic rings. The first kappa shape index (κ1) is 15.4. The number of hydrogen-bond donors (Lipinski definition) is 1. The molecule has 1 heterocycles. The number of rotatable bonds is 7. The van der Waals surface area contributed by atoms with Gasteiger partial charge in [0, 0.05) is 6.54 Å². The van der Waals surface area contributed by atoms with E-state index in [1.165, 1.54) is 0 Å². The highest BCUT2D eigenvalue weighted by atomic mass is 79.9. The summed E-state index contributed by atoms with van der Waals surface area (Å²) in [5.41, 5.74) is 0. The molecule has 0 spiro atoms. The third kappa shape index (κ3) is 4.26. The number of halogens is 2. The first-order valence-corrected chi connectivity index (χ1v) is 7.68. The van der Waals surface area contributed by atoms with E-state index in [0.29, 0.717) is 13.2 Å². The number of ether oxygens (including phenoxy) is 2. The van der Waals surface area contributed by atoms with Crippen LogP contribution in [0, 0.1) is 0 Å². The first-order chi connectivity index (χ1) is 9.70. The molecule has 0 unspecified atom stereocenters. The molecular weight excluding hydrogens is 390 g/mol. The highest BCUT2D eigenvalue weighted by molar-refractivity contribution is 9.11. The van der Waals surface area contributed by atoms with Gasteiger partial charge < -0.3 is 19.2 Å². The van der Waals surface area contributed by atoms with E-state index in [2.05, 4.69) is 37.2 Å². The molecule has 4 nitrogen and oxygen atoms in total. The fourth-order valence-corrected chi connectivity index (χ4v) is 2.56. The zero-order chi connectivity index (χ0) is 14.4. The Morgan fingerprint density at radius 3 is 2.65 bits per heavy atom. The molecular formula is C14H15Br2NO3. The van der Waals surface area contributed by atoms with Gasteiger partial charge in [-0.25, -0.2) is 0 Å². The summed E-state index contributed by atoms with van der Waals surface area (Å²) >= 11 is 6.90. The van der Waals surface area contributed by atoms with Gasteiger partial charge in [-0.2, -0.15) is 0 Å². The maximum atomic E-state index is 5.71. The van der Waals surface area contributed by atoms with E-state index in [9.17, 15) is 0 Å². The molecule has 0 aliphatic heterocycles. The third-order valence-electron chi connectivity index (χ3n) is 2.62. The summed E-state index contributed by atoms with van der Waals surface area (Å²) in [6.45, 7) is 2.00. The molecule has 1 aromatic heterocycles. The van der Waals surface area contributed by atoms with Crippen molar-refractivity contribution in [1.29, 1.82) is 0 Å². The molecule has 0 saturated heterocycles. The predicted molar refractivity (Wildman–Crippen MR) is 84.3 cm³/mol. The van der Waals surface area contributed by atoms with Crippen LogP contribution in [-0.2, 0) is 6.54 Å². The van der Waals surface area contributed by atoms with Gasteiger partial charge in [-0.3, -0.25) is 0 Å². The Kier molecular flexibility index (Phi) is 5.94. The molecule has 0 amide bonds. The highest BCUT2D eigenvalue weighted by Crippen LogP contribution is 2.35. The molecule has 0 aliphatic carbocycles. The van der Waals surface area contributed by atoms with Crippen LogP contribution >= 0.6 is 31.9 Å². The maximum absolute atomic E-state index is 5.71. The second-order valence-corrected chi connectivity index (χ2v) is 5.73. The molecule has 2 rings (SSSR count). The number of furan rings is 1. The number of methoxy groups -OCH3 is 1. The summed E-state index contributed by atoms with van der Waals surface area (Å²) in [5, 5.41) is 3.24. The Labute approximate surface area is 134 Å². The van der Waals surface area contributed by atoms with Crippen molar-refractivity contribution in [3.8, 4) is 11.5 Å². The van der Waals surface area contributed by atoms with Crippen LogP contribution in [-0.4, -0.2) is 20.3 Å². The van der Waals surface area contributed by atoms with Crippen LogP contribution in [0.2, 0.25) is 0 Å². The van der Waals surface area contributed by atoms with Gasteiger partial charge in [0.2, 0.25) is 0 Å². The van der Waals surface area contributed by atoms with E-state index in [4.69, 9.17) is 13.9 Å². The van der Waals surface area contributed by atoms with E-state index in [1.54, 1.807) is 13.4 Å². The molecule has 1 N–H and O–H groups in total. The van der Waals surface area contributed by atoms with Crippen LogP contribution in [0.1, 0.15) is 5.76 Å². The van der Waals surface area contributed by atoms with Crippen molar-refractivity contribution in [3.05, 3.63) is 45.2 Å². The zero-order valence-electron chi connectivity index (χ0n) is 11.0. The van der Waals surface area contributed by atoms with Crippen molar-refractivity contribution in [1.82, 2.24) is 5.32 Å². The van der Waals surface area contributed by atoms with Crippen LogP contribution in [0.3, 0.4) is 0 Å². The fourth-order valence-electron chi connectivity index (χ4n) is 1.64. The van der Waals surface area contributed by atoms with Gasteiger partial charge in [0.05, 0.1) is 28.9 Å². The lowest BCUT2D eigenvalue weighted by molar-refractivity contribution is 0.308. The molecule has 20 heavy (non-hydrogen) atoms. The Bertz CT molecular complexity index is 544. The lowest BCUT2D eigenvalue weighted by atomic mass is 10.3. The van der Waals surface area contributed by atoms with Crippen LogP contribution in [0.5, 0.6) is 11.5 Å². The molecule has 1 aromatic carbocycles. The van der Waals surface area contributed by atoms with Gasteiger partial charge in [0.15, 0.2) is 0 Å².